The van der Waals surface area contributed by atoms with Crippen LogP contribution in [0.2, 0.25) is 0 Å². The molecule has 2 bridgehead atoms. The SMILES string of the molecule is CCCCCCCCCCCCCCCCSCc1cc2cc(c1)CSC[C@H](N)C(=O)NCCCCCC(=O)N[C@H](Cc1ccccc1)C(=O)N[C@@H](CC(C)C)C(=O)N[C@H](Cc1ccccc1)C(=O)N[C@H](CCCN=C(N)N)C(=O)N1Cc3ccccc3C[C@@H]1C(=O)N[C@H](CCCN=C(N)N)C(=O)N[C@H](CC(N)=O)C(=O)NCCCCCC(=O)N[C@H](C(N)=O)CSC2. The van der Waals surface area contributed by atoms with Gasteiger partial charge >= 0.3 is 0 Å². The molecule has 9 atom stereocenters. The number of guanidine groups is 2. The summed E-state index contributed by atoms with van der Waals surface area (Å²) < 4.78 is 0. The molecule has 31 nitrogen and oxygen atoms in total. The van der Waals surface area contributed by atoms with E-state index in [-0.39, 0.29) is 120 Å². The van der Waals surface area contributed by atoms with E-state index in [1.165, 1.54) is 100 Å². The van der Waals surface area contributed by atoms with Gasteiger partial charge in [-0.3, -0.25) is 67.5 Å². The Hall–Kier alpha value is -9.93. The fourth-order valence-corrected chi connectivity index (χ4v) is 18.1. The second-order valence-electron chi connectivity index (χ2n) is 33.6. The summed E-state index contributed by atoms with van der Waals surface area (Å²) in [5.74, 6) is -5.31. The molecule has 127 heavy (non-hydrogen) atoms. The minimum atomic E-state index is -1.54. The number of rotatable bonds is 34. The van der Waals surface area contributed by atoms with Crippen molar-refractivity contribution < 1.29 is 57.5 Å². The Morgan fingerprint density at radius 3 is 1.48 bits per heavy atom. The van der Waals surface area contributed by atoms with Gasteiger partial charge < -0.3 is 92.9 Å². The van der Waals surface area contributed by atoms with E-state index in [9.17, 15) is 38.4 Å². The lowest BCUT2D eigenvalue weighted by atomic mass is 9.92. The minimum absolute atomic E-state index is 0.00731. The number of hydrogen-bond acceptors (Lipinski definition) is 18. The van der Waals surface area contributed by atoms with Crippen LogP contribution in [0.1, 0.15) is 239 Å². The zero-order valence-corrected chi connectivity index (χ0v) is 77.2. The Morgan fingerprint density at radius 2 is 0.937 bits per heavy atom. The molecule has 2 aliphatic rings. The van der Waals surface area contributed by atoms with Gasteiger partial charge in [0.05, 0.1) is 12.5 Å². The Morgan fingerprint density at radius 1 is 0.472 bits per heavy atom. The molecule has 12 amide bonds. The smallest absolute Gasteiger partial charge is 0.246 e. The van der Waals surface area contributed by atoms with Gasteiger partial charge in [-0.2, -0.15) is 35.3 Å². The number of nitrogens with two attached hydrogens (primary N) is 7. The van der Waals surface area contributed by atoms with Crippen LogP contribution >= 0.6 is 35.3 Å². The monoisotopic (exact) mass is 1810 g/mol. The first-order valence-electron chi connectivity index (χ1n) is 45.6. The summed E-state index contributed by atoms with van der Waals surface area (Å²) in [6.45, 7) is 6.22. The Bertz CT molecular complexity index is 4140. The number of nitrogens with one attached hydrogen (secondary N) is 9. The number of carbonyl (C=O) groups excluding carboxylic acids is 12. The normalized spacial score (nSPS) is 21.2. The van der Waals surface area contributed by atoms with Crippen molar-refractivity contribution in [3.63, 3.8) is 0 Å². The number of benzene rings is 4. The molecule has 0 fully saturated rings. The lowest BCUT2D eigenvalue weighted by Crippen LogP contribution is -2.62. The molecule has 2 heterocycles. The lowest BCUT2D eigenvalue weighted by molar-refractivity contribution is -0.146. The third kappa shape index (κ3) is 43.2. The largest absolute Gasteiger partial charge is 0.370 e. The molecular weight excluding hydrogens is 1670 g/mol. The van der Waals surface area contributed by atoms with Gasteiger partial charge in [0.15, 0.2) is 11.9 Å². The third-order valence-electron chi connectivity index (χ3n) is 22.1. The van der Waals surface area contributed by atoms with Crippen LogP contribution in [-0.4, -0.2) is 186 Å². The van der Waals surface area contributed by atoms with Crippen molar-refractivity contribution in [1.29, 1.82) is 0 Å². The number of hydrogen-bond donors (Lipinski definition) is 16. The summed E-state index contributed by atoms with van der Waals surface area (Å²) in [6, 6.07) is 20.2. The first kappa shape index (κ1) is 106. The molecule has 0 radical (unpaired) electrons. The summed E-state index contributed by atoms with van der Waals surface area (Å²) in [5.41, 5.74) is 46.9. The van der Waals surface area contributed by atoms with Crippen molar-refractivity contribution in [2.75, 3.05) is 43.4 Å². The fourth-order valence-electron chi connectivity index (χ4n) is 15.2. The van der Waals surface area contributed by atoms with E-state index in [4.69, 9.17) is 40.1 Å². The number of amides is 12. The van der Waals surface area contributed by atoms with Crippen LogP contribution in [0, 0.1) is 5.92 Å². The summed E-state index contributed by atoms with van der Waals surface area (Å²) >= 11 is 4.92. The number of fused-ring (bicyclic) bond motifs is 4. The van der Waals surface area contributed by atoms with Gasteiger partial charge in [0.1, 0.15) is 48.3 Å². The molecule has 0 unspecified atom stereocenters. The van der Waals surface area contributed by atoms with Crippen LogP contribution in [-0.2, 0) is 101 Å². The number of nitrogens with zero attached hydrogens (tertiary/aromatic N) is 3. The van der Waals surface area contributed by atoms with Gasteiger partial charge in [0, 0.05) is 93.6 Å². The standard InChI is InChI=1S/C93H143N19O12S3/c1-4-5-6-7-8-9-10-11-12-13-14-15-16-31-48-125-58-66-50-67-52-68(51-66)60-127-62-78(83(96)116)106-82(115)43-26-20-30-45-102-85(118)77(56-80(95)113)111-86(119)72(40-32-46-103-92(97)98)107-90(123)79-55-69-38-27-28-39-70(69)57-112(79)91(124)73(41-33-47-104-93(99)100)108-89(122)76(54-65-36-23-18-24-37-65)110-87(120)74(49-63(2)3)109-88(121)75(53-64-34-21-17-22-35-64)105-81(114)42-25-19-29-44-101-84(117)71(94)61-126-59-67/h17-18,21-24,27-28,34-39,50-52,63,71-79H,4-16,19-20,25-26,29-33,40-49,53-62,94H2,1-3H3,(H2,95,113)(H2,96,116)(H,101,117)(H,102,118)(H,105,114)(H,106,115)(H,107,123)(H,108,122)(H,109,121)(H,110,120)(H,111,119)(H4,97,98,103)(H4,99,100,104)/t71-,72+,73+,74-,75+,76+,77+,78-,79+/m0/s1. The van der Waals surface area contributed by atoms with E-state index in [1.807, 2.05) is 55.9 Å². The summed E-state index contributed by atoms with van der Waals surface area (Å²) in [7, 11) is 0. The highest BCUT2D eigenvalue weighted by atomic mass is 32.2. The number of thioether (sulfide) groups is 3. The van der Waals surface area contributed by atoms with Gasteiger partial charge in [-0.05, 0) is 115 Å². The lowest BCUT2D eigenvalue weighted by Gasteiger charge is -2.39. The van der Waals surface area contributed by atoms with E-state index >= 15 is 19.2 Å². The Kier molecular flexibility index (Phi) is 50.6. The van der Waals surface area contributed by atoms with Crippen molar-refractivity contribution in [3.05, 3.63) is 142 Å². The quantitative estimate of drug-likeness (QED) is 0.0128. The first-order valence-corrected chi connectivity index (χ1v) is 49.0. The molecular formula is C93H143N19O12S3. The maximum absolute atomic E-state index is 15.7. The summed E-state index contributed by atoms with van der Waals surface area (Å²) in [6.07, 6.45) is 20.3. The maximum Gasteiger partial charge on any atom is 0.246 e. The predicted molar refractivity (Wildman–Crippen MR) is 507 cm³/mol. The van der Waals surface area contributed by atoms with Gasteiger partial charge in [-0.25, -0.2) is 0 Å². The zero-order chi connectivity index (χ0) is 92.1. The van der Waals surface area contributed by atoms with Crippen LogP contribution in [0.4, 0.5) is 0 Å². The molecule has 34 heteroatoms. The minimum Gasteiger partial charge on any atom is -0.370 e. The van der Waals surface area contributed by atoms with Gasteiger partial charge in [0.2, 0.25) is 70.9 Å². The molecule has 23 N–H and O–H groups in total. The number of aliphatic imine (C=N–C) groups is 2. The average molecular weight is 1820 g/mol. The van der Waals surface area contributed by atoms with Crippen LogP contribution in [0.5, 0.6) is 0 Å². The van der Waals surface area contributed by atoms with E-state index in [0.29, 0.717) is 79.0 Å². The predicted octanol–water partition coefficient (Wildman–Crippen LogP) is 6.91. The van der Waals surface area contributed by atoms with Crippen molar-refractivity contribution in [1.82, 2.24) is 52.8 Å². The Labute approximate surface area is 763 Å². The van der Waals surface area contributed by atoms with E-state index in [1.54, 1.807) is 66.4 Å². The highest BCUT2D eigenvalue weighted by Crippen LogP contribution is 2.28. The molecule has 700 valence electrons. The third-order valence-corrected chi connectivity index (χ3v) is 25.5. The summed E-state index contributed by atoms with van der Waals surface area (Å²) in [4.78, 5) is 181. The van der Waals surface area contributed by atoms with Crippen LogP contribution in [0.15, 0.2) is 113 Å². The zero-order valence-electron chi connectivity index (χ0n) is 74.8. The topological polar surface area (TPSA) is 523 Å². The van der Waals surface area contributed by atoms with Crippen molar-refractivity contribution in [2.45, 2.75) is 298 Å². The fraction of sp³-hybridized carbons (Fsp3) is 0.591. The maximum atomic E-state index is 15.7. The van der Waals surface area contributed by atoms with Gasteiger partial charge in [0.25, 0.3) is 0 Å². The van der Waals surface area contributed by atoms with Crippen LogP contribution < -0.4 is 88.0 Å². The molecule has 0 aromatic heterocycles. The highest BCUT2D eigenvalue weighted by Gasteiger charge is 2.41. The van der Waals surface area contributed by atoms with E-state index < -0.39 is 126 Å². The number of carbonyl (C=O) groups is 12. The van der Waals surface area contributed by atoms with Crippen LogP contribution in [0.25, 0.3) is 0 Å². The van der Waals surface area contributed by atoms with Crippen LogP contribution in [0.3, 0.4) is 0 Å². The van der Waals surface area contributed by atoms with E-state index in [0.717, 1.165) is 40.2 Å². The second kappa shape index (κ2) is 60.7. The van der Waals surface area contributed by atoms with Crippen molar-refractivity contribution in [2.24, 2.45) is 56.0 Å². The second-order valence-corrected chi connectivity index (χ2v) is 36.8. The molecule has 0 saturated heterocycles. The molecule has 0 spiro atoms. The molecule has 4 aromatic carbocycles. The highest BCUT2D eigenvalue weighted by molar-refractivity contribution is 7.99. The molecule has 2 aliphatic heterocycles. The molecule has 4 aromatic rings. The van der Waals surface area contributed by atoms with Gasteiger partial charge in [-0.15, -0.1) is 0 Å². The first-order chi connectivity index (χ1) is 61.2. The molecule has 0 aliphatic carbocycles. The number of primary amides is 2. The average Bonchev–Trinajstić information content (AvgIpc) is 0.783. The molecule has 6 rings (SSSR count). The van der Waals surface area contributed by atoms with Crippen molar-refractivity contribution in [3.8, 4) is 0 Å². The number of unbranched alkanes of at least 4 members (excludes halogenated alkanes) is 13. The van der Waals surface area contributed by atoms with Crippen molar-refractivity contribution >= 4 is 118 Å². The Balaban J connectivity index is 1.25. The van der Waals surface area contributed by atoms with E-state index in [2.05, 4.69) is 83.0 Å². The summed E-state index contributed by atoms with van der Waals surface area (Å²) in [5, 5.41) is 25.6. The van der Waals surface area contributed by atoms with Gasteiger partial charge in [-0.1, -0.05) is 220 Å². The molecule has 0 saturated carbocycles.